The minimum absolute atomic E-state index is 0.102. The van der Waals surface area contributed by atoms with Gasteiger partial charge in [-0.3, -0.25) is 0 Å². The number of rotatable bonds is 8. The average molecular weight is 441 g/mol. The lowest BCUT2D eigenvalue weighted by atomic mass is 9.84. The van der Waals surface area contributed by atoms with Crippen LogP contribution in [0, 0.1) is 0 Å². The van der Waals surface area contributed by atoms with E-state index in [2.05, 4.69) is 146 Å². The maximum absolute atomic E-state index is 6.63. The summed E-state index contributed by atoms with van der Waals surface area (Å²) in [6.45, 7) is 0.571. The highest BCUT2D eigenvalue weighted by atomic mass is 16.5. The smallest absolute Gasteiger partial charge is 0.123 e. The van der Waals surface area contributed by atoms with Crippen LogP contribution in [-0.2, 0) is 0 Å². The molecule has 5 rings (SSSR count). The number of hydrogen-bond donors (Lipinski definition) is 0. The van der Waals surface area contributed by atoms with Crippen molar-refractivity contribution in [2.75, 3.05) is 6.61 Å². The van der Waals surface area contributed by atoms with E-state index in [1.165, 1.54) is 27.8 Å². The van der Waals surface area contributed by atoms with E-state index in [0.717, 1.165) is 5.75 Å². The Hall–Kier alpha value is -4.10. The zero-order valence-electron chi connectivity index (χ0n) is 19.1. The normalized spacial score (nSPS) is 11.0. The van der Waals surface area contributed by atoms with Crippen LogP contribution in [0.4, 0.5) is 0 Å². The second kappa shape index (κ2) is 10.7. The lowest BCUT2D eigenvalue weighted by molar-refractivity contribution is 0.300. The van der Waals surface area contributed by atoms with Gasteiger partial charge in [-0.1, -0.05) is 140 Å². The molecule has 0 atom stereocenters. The molecule has 5 aromatic carbocycles. The van der Waals surface area contributed by atoms with Crippen LogP contribution in [0.25, 0.3) is 0 Å². The van der Waals surface area contributed by atoms with Crippen LogP contribution in [-0.4, -0.2) is 6.61 Å². The summed E-state index contributed by atoms with van der Waals surface area (Å²) in [7, 11) is 0. The van der Waals surface area contributed by atoms with Crippen molar-refractivity contribution in [3.63, 3.8) is 0 Å². The van der Waals surface area contributed by atoms with Gasteiger partial charge in [0.1, 0.15) is 5.75 Å². The Balaban J connectivity index is 1.51. The number of ether oxygens (including phenoxy) is 1. The van der Waals surface area contributed by atoms with Crippen molar-refractivity contribution in [2.45, 2.75) is 11.8 Å². The van der Waals surface area contributed by atoms with Crippen LogP contribution >= 0.6 is 0 Å². The third-order valence-corrected chi connectivity index (χ3v) is 6.31. The second-order valence-corrected chi connectivity index (χ2v) is 8.48. The van der Waals surface area contributed by atoms with Crippen molar-refractivity contribution in [2.24, 2.45) is 0 Å². The van der Waals surface area contributed by atoms with Crippen LogP contribution in [0.5, 0.6) is 5.75 Å². The molecule has 34 heavy (non-hydrogen) atoms. The molecule has 0 radical (unpaired) electrons. The third-order valence-electron chi connectivity index (χ3n) is 6.31. The largest absolute Gasteiger partial charge is 0.492 e. The van der Waals surface area contributed by atoms with Gasteiger partial charge in [-0.2, -0.15) is 0 Å². The molecule has 166 valence electrons. The Labute approximate surface area is 202 Å². The van der Waals surface area contributed by atoms with Crippen LogP contribution < -0.4 is 4.74 Å². The molecule has 0 saturated carbocycles. The number of para-hydroxylation sites is 1. The van der Waals surface area contributed by atoms with Gasteiger partial charge in [-0.05, 0) is 28.3 Å². The van der Waals surface area contributed by atoms with Gasteiger partial charge in [0.15, 0.2) is 0 Å². The molecular weight excluding hydrogens is 412 g/mol. The summed E-state index contributed by atoms with van der Waals surface area (Å²) < 4.78 is 6.63. The molecule has 0 amide bonds. The summed E-state index contributed by atoms with van der Waals surface area (Å²) in [6, 6.07) is 51.1. The quantitative estimate of drug-likeness (QED) is 0.222. The molecule has 1 heteroatoms. The molecule has 0 aliphatic heterocycles. The molecule has 1 nitrogen and oxygen atoms in total. The topological polar surface area (TPSA) is 9.23 Å². The van der Waals surface area contributed by atoms with Crippen molar-refractivity contribution in [3.8, 4) is 5.75 Å². The highest BCUT2D eigenvalue weighted by Crippen LogP contribution is 2.38. The Bertz CT molecular complexity index is 1200. The zero-order chi connectivity index (χ0) is 23.0. The van der Waals surface area contributed by atoms with Gasteiger partial charge in [-0.15, -0.1) is 0 Å². The summed E-state index contributed by atoms with van der Waals surface area (Å²) in [4.78, 5) is 0. The van der Waals surface area contributed by atoms with Crippen LogP contribution in [0.2, 0.25) is 0 Å². The Kier molecular flexibility index (Phi) is 6.82. The third kappa shape index (κ3) is 4.94. The predicted molar refractivity (Wildman–Crippen MR) is 140 cm³/mol. The summed E-state index contributed by atoms with van der Waals surface area (Å²) in [5, 5.41) is 0. The molecule has 0 aromatic heterocycles. The van der Waals surface area contributed by atoms with Gasteiger partial charge in [0.05, 0.1) is 6.61 Å². The average Bonchev–Trinajstić information content (AvgIpc) is 2.92. The van der Waals surface area contributed by atoms with Crippen molar-refractivity contribution >= 4 is 0 Å². The summed E-state index contributed by atoms with van der Waals surface area (Å²) >= 11 is 0. The first-order valence-corrected chi connectivity index (χ1v) is 11.8. The van der Waals surface area contributed by atoms with Gasteiger partial charge in [0, 0.05) is 17.4 Å². The maximum atomic E-state index is 6.63. The first-order valence-electron chi connectivity index (χ1n) is 11.8. The van der Waals surface area contributed by atoms with E-state index in [9.17, 15) is 0 Å². The second-order valence-electron chi connectivity index (χ2n) is 8.48. The van der Waals surface area contributed by atoms with E-state index in [-0.39, 0.29) is 11.8 Å². The van der Waals surface area contributed by atoms with Gasteiger partial charge in [0.25, 0.3) is 0 Å². The van der Waals surface area contributed by atoms with Crippen molar-refractivity contribution in [1.29, 1.82) is 0 Å². The van der Waals surface area contributed by atoms with Crippen LogP contribution in [0.15, 0.2) is 146 Å². The highest BCUT2D eigenvalue weighted by molar-refractivity contribution is 5.49. The van der Waals surface area contributed by atoms with Gasteiger partial charge in [0.2, 0.25) is 0 Å². The van der Waals surface area contributed by atoms with Gasteiger partial charge >= 0.3 is 0 Å². The van der Waals surface area contributed by atoms with E-state index in [1.807, 2.05) is 0 Å². The maximum Gasteiger partial charge on any atom is 0.123 e. The zero-order valence-corrected chi connectivity index (χ0v) is 19.1. The molecular formula is C33H28O. The summed E-state index contributed by atoms with van der Waals surface area (Å²) in [6.07, 6.45) is 0. The molecule has 0 fully saturated rings. The molecule has 0 N–H and O–H groups in total. The van der Waals surface area contributed by atoms with Crippen molar-refractivity contribution in [3.05, 3.63) is 173 Å². The fourth-order valence-corrected chi connectivity index (χ4v) is 4.62. The number of hydrogen-bond acceptors (Lipinski definition) is 1. The highest BCUT2D eigenvalue weighted by Gasteiger charge is 2.22. The number of benzene rings is 5. The standard InChI is InChI=1S/C33H28O/c1-5-15-26(16-6-1)31(27-17-7-2-8-18-27)25-34-32-24-14-13-23-30(32)33(28-19-9-3-10-20-28)29-21-11-4-12-22-29/h1-24,31,33H,25H2. The van der Waals surface area contributed by atoms with E-state index in [4.69, 9.17) is 4.74 Å². The van der Waals surface area contributed by atoms with Crippen LogP contribution in [0.3, 0.4) is 0 Å². The lowest BCUT2D eigenvalue weighted by Gasteiger charge is -2.24. The first-order chi connectivity index (χ1) is 16.9. The minimum atomic E-state index is 0.102. The molecule has 0 heterocycles. The summed E-state index contributed by atoms with van der Waals surface area (Å²) in [5.74, 6) is 1.19. The first kappa shape index (κ1) is 21.7. The van der Waals surface area contributed by atoms with E-state index in [1.54, 1.807) is 0 Å². The molecule has 5 aromatic rings. The minimum Gasteiger partial charge on any atom is -0.492 e. The molecule has 0 spiro atoms. The monoisotopic (exact) mass is 440 g/mol. The molecule has 0 unspecified atom stereocenters. The van der Waals surface area contributed by atoms with Crippen LogP contribution in [0.1, 0.15) is 39.7 Å². The fraction of sp³-hybridized carbons (Fsp3) is 0.0909. The van der Waals surface area contributed by atoms with E-state index in [0.29, 0.717) is 6.61 Å². The molecule has 0 aliphatic carbocycles. The van der Waals surface area contributed by atoms with E-state index < -0.39 is 0 Å². The van der Waals surface area contributed by atoms with Gasteiger partial charge in [-0.25, -0.2) is 0 Å². The molecule has 0 saturated heterocycles. The molecule has 0 aliphatic rings. The van der Waals surface area contributed by atoms with E-state index >= 15 is 0 Å². The summed E-state index contributed by atoms with van der Waals surface area (Å²) in [5.41, 5.74) is 6.21. The Morgan fingerprint density at radius 1 is 0.412 bits per heavy atom. The van der Waals surface area contributed by atoms with Crippen molar-refractivity contribution in [1.82, 2.24) is 0 Å². The predicted octanol–water partition coefficient (Wildman–Crippen LogP) is 8.08. The molecule has 0 bridgehead atoms. The van der Waals surface area contributed by atoms with Gasteiger partial charge < -0.3 is 4.74 Å². The Morgan fingerprint density at radius 2 is 0.794 bits per heavy atom. The van der Waals surface area contributed by atoms with Crippen molar-refractivity contribution < 1.29 is 4.74 Å². The lowest BCUT2D eigenvalue weighted by Crippen LogP contribution is -2.14. The Morgan fingerprint density at radius 3 is 1.26 bits per heavy atom. The SMILES string of the molecule is c1ccc(C(COc2ccccc2C(c2ccccc2)c2ccccc2)c2ccccc2)cc1. The fourth-order valence-electron chi connectivity index (χ4n) is 4.62.